The Kier molecular flexibility index (Phi) is 4.23. The maximum atomic E-state index is 10.3. The normalized spacial score (nSPS) is 11.2. The molecule has 0 aliphatic heterocycles. The lowest BCUT2D eigenvalue weighted by Gasteiger charge is -1.97. The highest BCUT2D eigenvalue weighted by Gasteiger charge is 1.89. The molecule has 0 spiro atoms. The molecule has 0 aromatic rings. The Balaban J connectivity index is 3.57. The second-order valence-electron chi connectivity index (χ2n) is 1.80. The zero-order valence-electron chi connectivity index (χ0n) is 6.14. The molecule has 0 aromatic heterocycles. The van der Waals surface area contributed by atoms with E-state index < -0.39 is 0 Å². The molecule has 0 saturated carbocycles. The van der Waals surface area contributed by atoms with Crippen LogP contribution in [0.2, 0.25) is 0 Å². The maximum absolute atomic E-state index is 10.3. The van der Waals surface area contributed by atoms with E-state index >= 15 is 0 Å². The first kappa shape index (κ1) is 8.90. The van der Waals surface area contributed by atoms with Crippen LogP contribution in [0.25, 0.3) is 0 Å². The fourth-order valence-electron chi connectivity index (χ4n) is 0.371. The fraction of sp³-hybridized carbons (Fsp3) is 0.600. The van der Waals surface area contributed by atoms with E-state index in [1.807, 2.05) is 0 Å². The van der Waals surface area contributed by atoms with Crippen LogP contribution in [0.15, 0.2) is 5.10 Å². The van der Waals surface area contributed by atoms with Gasteiger partial charge in [0.05, 0.1) is 6.54 Å². The van der Waals surface area contributed by atoms with E-state index in [0.29, 0.717) is 12.4 Å². The molecule has 0 heterocycles. The number of likely N-dealkylation sites (N-methyl/N-ethyl adjacent to an activating group) is 1. The van der Waals surface area contributed by atoms with Crippen molar-refractivity contribution in [2.24, 2.45) is 10.8 Å². The summed E-state index contributed by atoms with van der Waals surface area (Å²) in [7, 11) is 1.75. The number of carbonyl (C=O) groups excluding carboxylic acids is 1. The first-order valence-electron chi connectivity index (χ1n) is 2.90. The summed E-state index contributed by atoms with van der Waals surface area (Å²) in [4.78, 5) is 10.3. The van der Waals surface area contributed by atoms with E-state index in [4.69, 9.17) is 5.73 Å². The second kappa shape index (κ2) is 4.75. The van der Waals surface area contributed by atoms with Gasteiger partial charge in [-0.3, -0.25) is 4.79 Å². The van der Waals surface area contributed by atoms with Gasteiger partial charge < -0.3 is 11.1 Å². The first-order chi connectivity index (χ1) is 4.66. The van der Waals surface area contributed by atoms with Crippen LogP contribution in [0, 0.1) is 0 Å². The third-order valence-corrected chi connectivity index (χ3v) is 0.715. The van der Waals surface area contributed by atoms with Gasteiger partial charge >= 0.3 is 0 Å². The highest BCUT2D eigenvalue weighted by Crippen LogP contribution is 1.63. The minimum Gasteiger partial charge on any atom is -0.385 e. The number of nitrogens with one attached hydrogen (secondary N) is 2. The standard InChI is InChI=1S/C5H12N4O/c1-4(10)8-9-5(6)3-7-2/h7H,3H2,1-2H3,(H2,6,9)(H,8,10). The molecular weight excluding hydrogens is 132 g/mol. The van der Waals surface area contributed by atoms with Crippen molar-refractivity contribution in [3.05, 3.63) is 0 Å². The highest BCUT2D eigenvalue weighted by molar-refractivity contribution is 5.84. The van der Waals surface area contributed by atoms with Crippen LogP contribution in [-0.2, 0) is 4.79 Å². The van der Waals surface area contributed by atoms with E-state index in [-0.39, 0.29) is 5.91 Å². The quantitative estimate of drug-likeness (QED) is 0.259. The molecule has 58 valence electrons. The Morgan fingerprint density at radius 3 is 2.70 bits per heavy atom. The molecule has 4 N–H and O–H groups in total. The lowest BCUT2D eigenvalue weighted by atomic mass is 10.6. The van der Waals surface area contributed by atoms with Crippen molar-refractivity contribution in [2.45, 2.75) is 6.92 Å². The predicted octanol–water partition coefficient (Wildman–Crippen LogP) is -1.39. The molecule has 10 heavy (non-hydrogen) atoms. The van der Waals surface area contributed by atoms with Gasteiger partial charge in [0.1, 0.15) is 5.84 Å². The summed E-state index contributed by atoms with van der Waals surface area (Å²) in [6.45, 7) is 1.84. The number of hydrazone groups is 1. The fourth-order valence-corrected chi connectivity index (χ4v) is 0.371. The van der Waals surface area contributed by atoms with Crippen LogP contribution in [-0.4, -0.2) is 25.3 Å². The Bertz CT molecular complexity index is 143. The summed E-state index contributed by atoms with van der Waals surface area (Å²) in [6.07, 6.45) is 0. The number of hydrogen-bond donors (Lipinski definition) is 3. The summed E-state index contributed by atoms with van der Waals surface area (Å²) in [5, 5.41) is 6.33. The van der Waals surface area contributed by atoms with Crippen molar-refractivity contribution in [3.63, 3.8) is 0 Å². The number of hydrogen-bond acceptors (Lipinski definition) is 3. The smallest absolute Gasteiger partial charge is 0.236 e. The van der Waals surface area contributed by atoms with Gasteiger partial charge in [0, 0.05) is 6.92 Å². The molecule has 0 fully saturated rings. The van der Waals surface area contributed by atoms with Crippen molar-refractivity contribution in [1.29, 1.82) is 0 Å². The molecule has 0 atom stereocenters. The maximum Gasteiger partial charge on any atom is 0.236 e. The van der Waals surface area contributed by atoms with Gasteiger partial charge in [-0.1, -0.05) is 0 Å². The van der Waals surface area contributed by atoms with Gasteiger partial charge in [-0.25, -0.2) is 5.43 Å². The molecule has 5 heteroatoms. The topological polar surface area (TPSA) is 79.5 Å². The Morgan fingerprint density at radius 1 is 1.70 bits per heavy atom. The Labute approximate surface area is 59.7 Å². The van der Waals surface area contributed by atoms with Gasteiger partial charge in [0.2, 0.25) is 5.91 Å². The molecule has 5 nitrogen and oxygen atoms in total. The van der Waals surface area contributed by atoms with Crippen LogP contribution in [0.4, 0.5) is 0 Å². The van der Waals surface area contributed by atoms with Gasteiger partial charge in [-0.15, -0.1) is 0 Å². The van der Waals surface area contributed by atoms with Crippen molar-refractivity contribution < 1.29 is 4.79 Å². The van der Waals surface area contributed by atoms with Gasteiger partial charge in [0.15, 0.2) is 0 Å². The van der Waals surface area contributed by atoms with Crippen molar-refractivity contribution in [3.8, 4) is 0 Å². The van der Waals surface area contributed by atoms with Gasteiger partial charge in [-0.05, 0) is 7.05 Å². The molecule has 0 radical (unpaired) electrons. The summed E-state index contributed by atoms with van der Waals surface area (Å²) in [5.41, 5.74) is 7.52. The zero-order valence-corrected chi connectivity index (χ0v) is 6.14. The van der Waals surface area contributed by atoms with Crippen LogP contribution in [0.3, 0.4) is 0 Å². The molecular formula is C5H12N4O. The summed E-state index contributed by atoms with van der Waals surface area (Å²) >= 11 is 0. The van der Waals surface area contributed by atoms with E-state index in [0.717, 1.165) is 0 Å². The number of rotatable bonds is 3. The molecule has 0 aromatic carbocycles. The average molecular weight is 144 g/mol. The zero-order chi connectivity index (χ0) is 7.98. The minimum atomic E-state index is -0.223. The summed E-state index contributed by atoms with van der Waals surface area (Å²) in [5.74, 6) is 0.136. The molecule has 0 saturated heterocycles. The van der Waals surface area contributed by atoms with Crippen molar-refractivity contribution >= 4 is 11.7 Å². The van der Waals surface area contributed by atoms with E-state index in [2.05, 4.69) is 15.8 Å². The summed E-state index contributed by atoms with van der Waals surface area (Å²) in [6, 6.07) is 0. The molecule has 0 rings (SSSR count). The number of amidine groups is 1. The van der Waals surface area contributed by atoms with Gasteiger partial charge in [-0.2, -0.15) is 5.10 Å². The molecule has 1 amide bonds. The number of nitrogens with two attached hydrogens (primary N) is 1. The first-order valence-corrected chi connectivity index (χ1v) is 2.90. The predicted molar refractivity (Wildman–Crippen MR) is 39.4 cm³/mol. The monoisotopic (exact) mass is 144 g/mol. The van der Waals surface area contributed by atoms with Crippen molar-refractivity contribution in [1.82, 2.24) is 10.7 Å². The summed E-state index contributed by atoms with van der Waals surface area (Å²) < 4.78 is 0. The number of carbonyl (C=O) groups is 1. The van der Waals surface area contributed by atoms with Gasteiger partial charge in [0.25, 0.3) is 0 Å². The molecule has 0 aliphatic carbocycles. The number of nitrogens with zero attached hydrogens (tertiary/aromatic N) is 1. The average Bonchev–Trinajstić information content (AvgIpc) is 1.85. The van der Waals surface area contributed by atoms with E-state index in [1.165, 1.54) is 6.92 Å². The highest BCUT2D eigenvalue weighted by atomic mass is 16.2. The second-order valence-corrected chi connectivity index (χ2v) is 1.80. The minimum absolute atomic E-state index is 0.223. The van der Waals surface area contributed by atoms with Crippen LogP contribution < -0.4 is 16.5 Å². The van der Waals surface area contributed by atoms with Crippen LogP contribution >= 0.6 is 0 Å². The largest absolute Gasteiger partial charge is 0.385 e. The van der Waals surface area contributed by atoms with E-state index in [1.54, 1.807) is 7.05 Å². The number of amides is 1. The van der Waals surface area contributed by atoms with Crippen LogP contribution in [0.5, 0.6) is 0 Å². The van der Waals surface area contributed by atoms with E-state index in [9.17, 15) is 4.79 Å². The Hall–Kier alpha value is -1.10. The van der Waals surface area contributed by atoms with Crippen molar-refractivity contribution in [2.75, 3.05) is 13.6 Å². The third-order valence-electron chi connectivity index (χ3n) is 0.715. The lowest BCUT2D eigenvalue weighted by Crippen LogP contribution is -2.29. The van der Waals surface area contributed by atoms with Crippen LogP contribution in [0.1, 0.15) is 6.92 Å². The molecule has 0 bridgehead atoms. The molecule has 0 aliphatic rings. The third kappa shape index (κ3) is 5.04. The lowest BCUT2D eigenvalue weighted by molar-refractivity contribution is -0.118. The Morgan fingerprint density at radius 2 is 2.30 bits per heavy atom. The molecule has 0 unspecified atom stereocenters. The SMILES string of the molecule is CNC/C(N)=N/NC(C)=O.